The van der Waals surface area contributed by atoms with E-state index in [9.17, 15) is 4.79 Å². The molecule has 0 saturated heterocycles. The summed E-state index contributed by atoms with van der Waals surface area (Å²) in [5, 5.41) is 2.95. The highest BCUT2D eigenvalue weighted by atomic mass is 16.5. The minimum Gasteiger partial charge on any atom is -0.495 e. The lowest BCUT2D eigenvalue weighted by Crippen LogP contribution is -2.12. The Balaban J connectivity index is 1.32. The lowest BCUT2D eigenvalue weighted by atomic mass is 10.1. The van der Waals surface area contributed by atoms with Crippen LogP contribution in [0, 0.1) is 0 Å². The van der Waals surface area contributed by atoms with E-state index in [-0.39, 0.29) is 5.91 Å². The summed E-state index contributed by atoms with van der Waals surface area (Å²) in [5.74, 6) is 1.75. The fourth-order valence-electron chi connectivity index (χ4n) is 3.68. The van der Waals surface area contributed by atoms with Crippen LogP contribution in [0.25, 0.3) is 22.4 Å². The van der Waals surface area contributed by atoms with Gasteiger partial charge in [0.15, 0.2) is 0 Å². The molecule has 1 heterocycles. The van der Waals surface area contributed by atoms with Gasteiger partial charge in [-0.2, -0.15) is 0 Å². The van der Waals surface area contributed by atoms with Crippen molar-refractivity contribution in [2.75, 3.05) is 12.4 Å². The molecule has 2 N–H and O–H groups in total. The number of imidazole rings is 1. The van der Waals surface area contributed by atoms with Gasteiger partial charge >= 0.3 is 0 Å². The number of para-hydroxylation sites is 2. The molecule has 168 valence electrons. The summed E-state index contributed by atoms with van der Waals surface area (Å²) in [5.41, 5.74) is 4.85. The zero-order valence-electron chi connectivity index (χ0n) is 18.6. The highest BCUT2D eigenvalue weighted by Crippen LogP contribution is 2.31. The van der Waals surface area contributed by atoms with Crippen molar-refractivity contribution in [3.05, 3.63) is 108 Å². The van der Waals surface area contributed by atoms with Crippen molar-refractivity contribution in [1.29, 1.82) is 0 Å². The average Bonchev–Trinajstić information content (AvgIpc) is 3.33. The second kappa shape index (κ2) is 9.50. The number of ether oxygens (including phenoxy) is 2. The lowest BCUT2D eigenvalue weighted by Gasteiger charge is -2.12. The van der Waals surface area contributed by atoms with Gasteiger partial charge in [0.25, 0.3) is 5.91 Å². The first-order chi connectivity index (χ1) is 16.7. The lowest BCUT2D eigenvalue weighted by molar-refractivity contribution is 0.102. The highest BCUT2D eigenvalue weighted by Gasteiger charge is 2.13. The molecule has 1 aromatic heterocycles. The molecule has 0 aliphatic heterocycles. The number of carbonyl (C=O) groups is 1. The molecular formula is C28H23N3O3. The van der Waals surface area contributed by atoms with Gasteiger partial charge in [0.05, 0.1) is 23.8 Å². The molecule has 4 aromatic carbocycles. The molecule has 6 heteroatoms. The predicted octanol–water partition coefficient (Wildman–Crippen LogP) is 6.07. The van der Waals surface area contributed by atoms with Crippen LogP contribution < -0.4 is 14.8 Å². The van der Waals surface area contributed by atoms with E-state index >= 15 is 0 Å². The minimum absolute atomic E-state index is 0.241. The van der Waals surface area contributed by atoms with Gasteiger partial charge < -0.3 is 19.8 Å². The number of methoxy groups -OCH3 is 1. The number of hydrogen-bond donors (Lipinski definition) is 2. The van der Waals surface area contributed by atoms with E-state index in [1.54, 1.807) is 31.4 Å². The summed E-state index contributed by atoms with van der Waals surface area (Å²) in [6, 6.07) is 30.4. The standard InChI is InChI=1S/C28H23N3O3/c1-33-26-16-13-21(27-29-23-9-5-6-10-24(23)30-27)17-25(26)31-28(32)20-11-14-22(15-12-20)34-18-19-7-3-2-4-8-19/h2-17H,18H2,1H3,(H,29,30)(H,31,32). The first kappa shape index (κ1) is 21.3. The quantitative estimate of drug-likeness (QED) is 0.316. The molecule has 0 radical (unpaired) electrons. The van der Waals surface area contributed by atoms with Crippen LogP contribution in [0.4, 0.5) is 5.69 Å². The van der Waals surface area contributed by atoms with Crippen molar-refractivity contribution in [3.8, 4) is 22.9 Å². The number of carbonyl (C=O) groups excluding carboxylic acids is 1. The monoisotopic (exact) mass is 449 g/mol. The van der Waals surface area contributed by atoms with Gasteiger partial charge in [-0.25, -0.2) is 4.98 Å². The zero-order chi connectivity index (χ0) is 23.3. The van der Waals surface area contributed by atoms with E-state index < -0.39 is 0 Å². The van der Waals surface area contributed by atoms with Gasteiger partial charge in [-0.05, 0) is 60.2 Å². The van der Waals surface area contributed by atoms with Gasteiger partial charge in [0.2, 0.25) is 0 Å². The second-order valence-electron chi connectivity index (χ2n) is 7.77. The molecule has 0 fully saturated rings. The molecule has 0 saturated carbocycles. The van der Waals surface area contributed by atoms with Gasteiger partial charge in [-0.3, -0.25) is 4.79 Å². The molecule has 0 aliphatic rings. The molecule has 5 aromatic rings. The summed E-state index contributed by atoms with van der Waals surface area (Å²) in [6.45, 7) is 0.470. The first-order valence-electron chi connectivity index (χ1n) is 10.9. The van der Waals surface area contributed by atoms with Gasteiger partial charge in [0.1, 0.15) is 23.9 Å². The summed E-state index contributed by atoms with van der Waals surface area (Å²) >= 11 is 0. The number of anilines is 1. The summed E-state index contributed by atoms with van der Waals surface area (Å²) in [4.78, 5) is 20.9. The van der Waals surface area contributed by atoms with Crippen LogP contribution in [0.2, 0.25) is 0 Å². The van der Waals surface area contributed by atoms with E-state index in [0.29, 0.717) is 29.4 Å². The molecular weight excluding hydrogens is 426 g/mol. The van der Waals surface area contributed by atoms with Crippen molar-refractivity contribution >= 4 is 22.6 Å². The van der Waals surface area contributed by atoms with Crippen LogP contribution in [0.5, 0.6) is 11.5 Å². The van der Waals surface area contributed by atoms with E-state index in [0.717, 1.165) is 28.0 Å². The van der Waals surface area contributed by atoms with Crippen molar-refractivity contribution in [2.45, 2.75) is 6.61 Å². The number of aromatic amines is 1. The van der Waals surface area contributed by atoms with E-state index in [4.69, 9.17) is 9.47 Å². The topological polar surface area (TPSA) is 76.2 Å². The largest absolute Gasteiger partial charge is 0.495 e. The third-order valence-corrected chi connectivity index (χ3v) is 5.48. The Bertz CT molecular complexity index is 1390. The minimum atomic E-state index is -0.241. The fourth-order valence-corrected chi connectivity index (χ4v) is 3.68. The Morgan fingerprint density at radius 1 is 0.912 bits per heavy atom. The second-order valence-corrected chi connectivity index (χ2v) is 7.77. The Morgan fingerprint density at radius 2 is 1.68 bits per heavy atom. The molecule has 1 amide bonds. The van der Waals surface area contributed by atoms with Gasteiger partial charge in [-0.1, -0.05) is 42.5 Å². The number of hydrogen-bond acceptors (Lipinski definition) is 4. The molecule has 0 aliphatic carbocycles. The van der Waals surface area contributed by atoms with Crippen LogP contribution in [-0.4, -0.2) is 23.0 Å². The number of rotatable bonds is 7. The Hall–Kier alpha value is -4.58. The highest BCUT2D eigenvalue weighted by molar-refractivity contribution is 6.05. The number of amides is 1. The number of nitrogens with one attached hydrogen (secondary N) is 2. The zero-order valence-corrected chi connectivity index (χ0v) is 18.6. The molecule has 0 spiro atoms. The SMILES string of the molecule is COc1ccc(-c2nc3ccccc3[nH]2)cc1NC(=O)c1ccc(OCc2ccccc2)cc1. The van der Waals surface area contributed by atoms with E-state index in [1.165, 1.54) is 0 Å². The van der Waals surface area contributed by atoms with Crippen LogP contribution in [0.3, 0.4) is 0 Å². The maximum Gasteiger partial charge on any atom is 0.255 e. The maximum absolute atomic E-state index is 12.9. The van der Waals surface area contributed by atoms with Crippen molar-refractivity contribution < 1.29 is 14.3 Å². The van der Waals surface area contributed by atoms with Gasteiger partial charge in [-0.15, -0.1) is 0 Å². The summed E-state index contributed by atoms with van der Waals surface area (Å²) in [7, 11) is 1.57. The summed E-state index contributed by atoms with van der Waals surface area (Å²) < 4.78 is 11.3. The Kier molecular flexibility index (Phi) is 5.95. The molecule has 0 unspecified atom stereocenters. The third kappa shape index (κ3) is 4.61. The van der Waals surface area contributed by atoms with Crippen molar-refractivity contribution in [1.82, 2.24) is 9.97 Å². The van der Waals surface area contributed by atoms with Crippen molar-refractivity contribution in [2.24, 2.45) is 0 Å². The van der Waals surface area contributed by atoms with E-state index in [1.807, 2.05) is 72.8 Å². The maximum atomic E-state index is 12.9. The number of aromatic nitrogens is 2. The van der Waals surface area contributed by atoms with Crippen LogP contribution in [-0.2, 0) is 6.61 Å². The van der Waals surface area contributed by atoms with Crippen LogP contribution in [0.15, 0.2) is 97.1 Å². The van der Waals surface area contributed by atoms with Crippen LogP contribution >= 0.6 is 0 Å². The molecule has 0 bridgehead atoms. The number of benzene rings is 4. The smallest absolute Gasteiger partial charge is 0.255 e. The average molecular weight is 450 g/mol. The normalized spacial score (nSPS) is 10.7. The molecule has 34 heavy (non-hydrogen) atoms. The van der Waals surface area contributed by atoms with Crippen molar-refractivity contribution in [3.63, 3.8) is 0 Å². The number of H-pyrrole nitrogens is 1. The number of fused-ring (bicyclic) bond motifs is 1. The number of nitrogens with zero attached hydrogens (tertiary/aromatic N) is 1. The predicted molar refractivity (Wildman–Crippen MR) is 133 cm³/mol. The van der Waals surface area contributed by atoms with E-state index in [2.05, 4.69) is 15.3 Å². The Labute approximate surface area is 197 Å². The van der Waals surface area contributed by atoms with Gasteiger partial charge in [0, 0.05) is 11.1 Å². The Morgan fingerprint density at radius 3 is 2.44 bits per heavy atom. The molecule has 6 nitrogen and oxygen atoms in total. The van der Waals surface area contributed by atoms with Crippen LogP contribution in [0.1, 0.15) is 15.9 Å². The fraction of sp³-hybridized carbons (Fsp3) is 0.0714. The molecule has 5 rings (SSSR count). The first-order valence-corrected chi connectivity index (χ1v) is 10.9. The molecule has 0 atom stereocenters. The summed E-state index contributed by atoms with van der Waals surface area (Å²) in [6.07, 6.45) is 0. The third-order valence-electron chi connectivity index (χ3n) is 5.48.